The van der Waals surface area contributed by atoms with Crippen molar-refractivity contribution >= 4 is 0 Å². The summed E-state index contributed by atoms with van der Waals surface area (Å²) in [5, 5.41) is 3.38. The van der Waals surface area contributed by atoms with Crippen LogP contribution in [-0.2, 0) is 9.47 Å². The predicted molar refractivity (Wildman–Crippen MR) is 61.2 cm³/mol. The van der Waals surface area contributed by atoms with Gasteiger partial charge in [-0.2, -0.15) is 0 Å². The van der Waals surface area contributed by atoms with Gasteiger partial charge in [-0.1, -0.05) is 6.92 Å². The van der Waals surface area contributed by atoms with Crippen molar-refractivity contribution < 1.29 is 9.47 Å². The lowest BCUT2D eigenvalue weighted by molar-refractivity contribution is -0.0387. The van der Waals surface area contributed by atoms with Crippen molar-refractivity contribution in [3.63, 3.8) is 0 Å². The molecule has 1 heterocycles. The number of nitrogens with zero attached hydrogens (tertiary/aromatic N) is 1. The molecule has 0 aliphatic carbocycles. The van der Waals surface area contributed by atoms with E-state index in [9.17, 15) is 0 Å². The lowest BCUT2D eigenvalue weighted by atomic mass is 10.1. The fourth-order valence-corrected chi connectivity index (χ4v) is 2.07. The first-order valence-electron chi connectivity index (χ1n) is 5.82. The van der Waals surface area contributed by atoms with Crippen LogP contribution in [0.3, 0.4) is 0 Å². The van der Waals surface area contributed by atoms with Crippen LogP contribution in [0.5, 0.6) is 0 Å². The highest BCUT2D eigenvalue weighted by atomic mass is 16.5. The van der Waals surface area contributed by atoms with Crippen LogP contribution in [0, 0.1) is 0 Å². The summed E-state index contributed by atoms with van der Waals surface area (Å²) in [5.74, 6) is 0. The third-order valence-corrected chi connectivity index (χ3v) is 2.88. The summed E-state index contributed by atoms with van der Waals surface area (Å²) < 4.78 is 10.7. The zero-order chi connectivity index (χ0) is 11.1. The monoisotopic (exact) mass is 216 g/mol. The summed E-state index contributed by atoms with van der Waals surface area (Å²) in [4.78, 5) is 2.48. The summed E-state index contributed by atoms with van der Waals surface area (Å²) in [7, 11) is 1.76. The molecule has 1 saturated heterocycles. The van der Waals surface area contributed by atoms with Gasteiger partial charge in [-0.05, 0) is 13.5 Å². The molecule has 1 rings (SSSR count). The van der Waals surface area contributed by atoms with Gasteiger partial charge in [-0.15, -0.1) is 0 Å². The van der Waals surface area contributed by atoms with E-state index in [-0.39, 0.29) is 0 Å². The van der Waals surface area contributed by atoms with Gasteiger partial charge in [-0.3, -0.25) is 4.90 Å². The van der Waals surface area contributed by atoms with E-state index in [0.29, 0.717) is 12.1 Å². The van der Waals surface area contributed by atoms with E-state index in [0.717, 1.165) is 39.5 Å². The Labute approximate surface area is 92.9 Å². The first-order chi connectivity index (χ1) is 7.29. The standard InChI is InChI=1S/C11H24N2O2/c1-4-12-7-11-9-15-6-5-13(11)10(2)8-14-3/h10-12H,4-9H2,1-3H3. The maximum Gasteiger partial charge on any atom is 0.0635 e. The molecule has 0 bridgehead atoms. The maximum atomic E-state index is 5.52. The average molecular weight is 216 g/mol. The summed E-state index contributed by atoms with van der Waals surface area (Å²) >= 11 is 0. The molecule has 1 N–H and O–H groups in total. The van der Waals surface area contributed by atoms with E-state index in [2.05, 4.69) is 24.1 Å². The van der Waals surface area contributed by atoms with Gasteiger partial charge in [0.15, 0.2) is 0 Å². The van der Waals surface area contributed by atoms with Crippen molar-refractivity contribution in [2.45, 2.75) is 25.9 Å². The zero-order valence-corrected chi connectivity index (χ0v) is 10.2. The summed E-state index contributed by atoms with van der Waals surface area (Å²) in [6.07, 6.45) is 0. The molecule has 0 amide bonds. The predicted octanol–water partition coefficient (Wildman–Crippen LogP) is 0.332. The van der Waals surface area contributed by atoms with E-state index in [1.807, 2.05) is 0 Å². The second-order valence-electron chi connectivity index (χ2n) is 4.08. The molecule has 2 atom stereocenters. The van der Waals surface area contributed by atoms with E-state index in [1.165, 1.54) is 0 Å². The largest absolute Gasteiger partial charge is 0.383 e. The topological polar surface area (TPSA) is 33.7 Å². The summed E-state index contributed by atoms with van der Waals surface area (Å²) in [6, 6.07) is 0.964. The van der Waals surface area contributed by atoms with Gasteiger partial charge in [-0.25, -0.2) is 0 Å². The highest BCUT2D eigenvalue weighted by molar-refractivity contribution is 4.81. The van der Waals surface area contributed by atoms with Crippen molar-refractivity contribution in [3.8, 4) is 0 Å². The number of nitrogens with one attached hydrogen (secondary N) is 1. The smallest absolute Gasteiger partial charge is 0.0635 e. The molecule has 4 nitrogen and oxygen atoms in total. The average Bonchev–Trinajstić information content (AvgIpc) is 2.27. The molecule has 0 aromatic carbocycles. The number of hydrogen-bond acceptors (Lipinski definition) is 4. The second kappa shape index (κ2) is 7.17. The van der Waals surface area contributed by atoms with E-state index in [1.54, 1.807) is 7.11 Å². The van der Waals surface area contributed by atoms with Crippen molar-refractivity contribution in [1.29, 1.82) is 0 Å². The van der Waals surface area contributed by atoms with Gasteiger partial charge in [0.2, 0.25) is 0 Å². The maximum absolute atomic E-state index is 5.52. The Bertz CT molecular complexity index is 167. The Morgan fingerprint density at radius 1 is 1.60 bits per heavy atom. The Kier molecular flexibility index (Phi) is 6.17. The first kappa shape index (κ1) is 12.9. The number of morpholine rings is 1. The third-order valence-electron chi connectivity index (χ3n) is 2.88. The van der Waals surface area contributed by atoms with Crippen LogP contribution in [0.25, 0.3) is 0 Å². The van der Waals surface area contributed by atoms with Gasteiger partial charge in [0.25, 0.3) is 0 Å². The van der Waals surface area contributed by atoms with Crippen LogP contribution in [0.15, 0.2) is 0 Å². The molecule has 4 heteroatoms. The minimum absolute atomic E-state index is 0.475. The van der Waals surface area contributed by atoms with Gasteiger partial charge in [0.1, 0.15) is 0 Å². The number of rotatable bonds is 6. The van der Waals surface area contributed by atoms with Crippen LogP contribution < -0.4 is 5.32 Å². The SMILES string of the molecule is CCNCC1COCCN1C(C)COC. The first-order valence-corrected chi connectivity index (χ1v) is 5.82. The Hall–Kier alpha value is -0.160. The van der Waals surface area contributed by atoms with Crippen LogP contribution in [-0.4, -0.2) is 63.5 Å². The van der Waals surface area contributed by atoms with E-state index < -0.39 is 0 Å². The fourth-order valence-electron chi connectivity index (χ4n) is 2.07. The molecule has 2 unspecified atom stereocenters. The lowest BCUT2D eigenvalue weighted by Crippen LogP contribution is -2.54. The minimum atomic E-state index is 0.475. The van der Waals surface area contributed by atoms with Gasteiger partial charge in [0, 0.05) is 32.3 Å². The van der Waals surface area contributed by atoms with Crippen LogP contribution in [0.1, 0.15) is 13.8 Å². The molecule has 0 aromatic rings. The molecule has 1 fully saturated rings. The second-order valence-corrected chi connectivity index (χ2v) is 4.08. The van der Waals surface area contributed by atoms with Crippen molar-refractivity contribution in [2.75, 3.05) is 46.6 Å². The molecule has 0 spiro atoms. The Morgan fingerprint density at radius 3 is 3.07 bits per heavy atom. The Morgan fingerprint density at radius 2 is 2.40 bits per heavy atom. The number of likely N-dealkylation sites (N-methyl/N-ethyl adjacent to an activating group) is 1. The molecule has 15 heavy (non-hydrogen) atoms. The summed E-state index contributed by atoms with van der Waals surface area (Å²) in [5.41, 5.74) is 0. The number of ether oxygens (including phenoxy) is 2. The highest BCUT2D eigenvalue weighted by Gasteiger charge is 2.26. The van der Waals surface area contributed by atoms with Crippen LogP contribution in [0.4, 0.5) is 0 Å². The molecular formula is C11H24N2O2. The van der Waals surface area contributed by atoms with Crippen molar-refractivity contribution in [3.05, 3.63) is 0 Å². The normalized spacial score (nSPS) is 25.4. The molecule has 0 radical (unpaired) electrons. The molecule has 90 valence electrons. The third kappa shape index (κ3) is 4.07. The highest BCUT2D eigenvalue weighted by Crippen LogP contribution is 2.10. The van der Waals surface area contributed by atoms with Gasteiger partial charge >= 0.3 is 0 Å². The zero-order valence-electron chi connectivity index (χ0n) is 10.2. The van der Waals surface area contributed by atoms with Crippen molar-refractivity contribution in [2.24, 2.45) is 0 Å². The number of methoxy groups -OCH3 is 1. The molecule has 0 aromatic heterocycles. The fraction of sp³-hybridized carbons (Fsp3) is 1.00. The van der Waals surface area contributed by atoms with Gasteiger partial charge < -0.3 is 14.8 Å². The molecule has 1 aliphatic rings. The summed E-state index contributed by atoms with van der Waals surface area (Å²) in [6.45, 7) is 9.86. The van der Waals surface area contributed by atoms with E-state index >= 15 is 0 Å². The molecule has 1 aliphatic heterocycles. The Balaban J connectivity index is 2.41. The quantitative estimate of drug-likeness (QED) is 0.694. The van der Waals surface area contributed by atoms with Crippen molar-refractivity contribution in [1.82, 2.24) is 10.2 Å². The van der Waals surface area contributed by atoms with Crippen LogP contribution >= 0.6 is 0 Å². The lowest BCUT2D eigenvalue weighted by Gasteiger charge is -2.39. The number of hydrogen-bond donors (Lipinski definition) is 1. The van der Waals surface area contributed by atoms with Gasteiger partial charge in [0.05, 0.1) is 19.8 Å². The van der Waals surface area contributed by atoms with Crippen LogP contribution in [0.2, 0.25) is 0 Å². The molecular weight excluding hydrogens is 192 g/mol. The minimum Gasteiger partial charge on any atom is -0.383 e. The van der Waals surface area contributed by atoms with E-state index in [4.69, 9.17) is 9.47 Å². The molecule has 0 saturated carbocycles.